The zero-order chi connectivity index (χ0) is 8.97. The van der Waals surface area contributed by atoms with Crippen LogP contribution in [-0.2, 0) is 9.59 Å². The van der Waals surface area contributed by atoms with Crippen LogP contribution in [0.1, 0.15) is 0 Å². The predicted octanol–water partition coefficient (Wildman–Crippen LogP) is -1.84. The number of piperazine rings is 1. The van der Waals surface area contributed by atoms with Crippen molar-refractivity contribution >= 4 is 11.8 Å². The van der Waals surface area contributed by atoms with Gasteiger partial charge in [-0.3, -0.25) is 9.59 Å². The van der Waals surface area contributed by atoms with E-state index in [4.69, 9.17) is 0 Å². The number of carbonyl (C=O) groups is 2. The molecule has 0 aromatic carbocycles. The molecular weight excluding hydrogens is 158 g/mol. The largest absolute Gasteiger partial charge is 0.353 e. The molecule has 1 heterocycles. The van der Waals surface area contributed by atoms with E-state index >= 15 is 0 Å². The van der Waals surface area contributed by atoms with Gasteiger partial charge in [-0.05, 0) is 7.05 Å². The number of nitrogens with one attached hydrogen (secondary N) is 2. The fourth-order valence-electron chi connectivity index (χ4n) is 1.11. The summed E-state index contributed by atoms with van der Waals surface area (Å²) in [5.41, 5.74) is 0. The van der Waals surface area contributed by atoms with Gasteiger partial charge in [-0.25, -0.2) is 0 Å². The summed E-state index contributed by atoms with van der Waals surface area (Å²) in [5, 5.41) is 5.41. The topological polar surface area (TPSA) is 61.4 Å². The molecule has 5 nitrogen and oxygen atoms in total. The third-order valence-corrected chi connectivity index (χ3v) is 1.72. The van der Waals surface area contributed by atoms with Gasteiger partial charge in [-0.15, -0.1) is 0 Å². The van der Waals surface area contributed by atoms with Gasteiger partial charge < -0.3 is 15.5 Å². The van der Waals surface area contributed by atoms with E-state index in [0.29, 0.717) is 19.6 Å². The van der Waals surface area contributed by atoms with E-state index < -0.39 is 0 Å². The minimum atomic E-state index is -0.0781. The van der Waals surface area contributed by atoms with E-state index in [1.54, 1.807) is 11.9 Å². The molecule has 1 saturated heterocycles. The van der Waals surface area contributed by atoms with Crippen LogP contribution in [-0.4, -0.2) is 49.9 Å². The lowest BCUT2D eigenvalue weighted by Crippen LogP contribution is -2.51. The maximum Gasteiger partial charge on any atom is 0.239 e. The van der Waals surface area contributed by atoms with Crippen molar-refractivity contribution in [2.75, 3.05) is 33.2 Å². The van der Waals surface area contributed by atoms with Crippen molar-refractivity contribution in [1.82, 2.24) is 15.5 Å². The van der Waals surface area contributed by atoms with Crippen molar-refractivity contribution in [1.29, 1.82) is 0 Å². The first-order valence-corrected chi connectivity index (χ1v) is 3.93. The number of nitrogens with zero attached hydrogens (tertiary/aromatic N) is 1. The summed E-state index contributed by atoms with van der Waals surface area (Å²) in [6.45, 7) is 1.67. The number of rotatable bonds is 2. The third kappa shape index (κ3) is 2.20. The molecule has 12 heavy (non-hydrogen) atoms. The van der Waals surface area contributed by atoms with Crippen LogP contribution < -0.4 is 10.6 Å². The minimum Gasteiger partial charge on any atom is -0.353 e. The Kier molecular flexibility index (Phi) is 3.04. The molecule has 0 spiro atoms. The molecule has 0 aliphatic carbocycles. The highest BCUT2D eigenvalue weighted by Crippen LogP contribution is 1.92. The van der Waals surface area contributed by atoms with Crippen molar-refractivity contribution in [3.8, 4) is 0 Å². The molecule has 0 saturated carbocycles. The molecule has 2 N–H and O–H groups in total. The summed E-state index contributed by atoms with van der Waals surface area (Å²) in [6.07, 6.45) is 0. The molecule has 5 heteroatoms. The van der Waals surface area contributed by atoms with Gasteiger partial charge in [0, 0.05) is 13.1 Å². The summed E-state index contributed by atoms with van der Waals surface area (Å²) in [6, 6.07) is 0. The second kappa shape index (κ2) is 4.06. The Morgan fingerprint density at radius 3 is 3.08 bits per heavy atom. The quantitative estimate of drug-likeness (QED) is 0.513. The average molecular weight is 171 g/mol. The standard InChI is InChI=1S/C7H13N3O2/c1-8-4-7(12)10-3-2-9-6(11)5-10/h8H,2-5H2,1H3,(H,9,11). The minimum absolute atomic E-state index is 0.0210. The highest BCUT2D eigenvalue weighted by Gasteiger charge is 2.19. The molecule has 0 radical (unpaired) electrons. The molecule has 0 atom stereocenters. The fourth-order valence-corrected chi connectivity index (χ4v) is 1.11. The zero-order valence-corrected chi connectivity index (χ0v) is 7.09. The number of amides is 2. The molecule has 0 aromatic rings. The molecule has 0 bridgehead atoms. The first-order valence-electron chi connectivity index (χ1n) is 3.93. The summed E-state index contributed by atoms with van der Waals surface area (Å²) in [7, 11) is 1.71. The molecule has 2 amide bonds. The van der Waals surface area contributed by atoms with Crippen LogP contribution in [0.25, 0.3) is 0 Å². The summed E-state index contributed by atoms with van der Waals surface area (Å²) >= 11 is 0. The Hall–Kier alpha value is -1.10. The van der Waals surface area contributed by atoms with Gasteiger partial charge in [0.05, 0.1) is 13.1 Å². The Morgan fingerprint density at radius 2 is 2.50 bits per heavy atom. The fraction of sp³-hybridized carbons (Fsp3) is 0.714. The Morgan fingerprint density at radius 1 is 1.75 bits per heavy atom. The molecule has 0 aromatic heterocycles. The maximum atomic E-state index is 11.2. The van der Waals surface area contributed by atoms with Crippen molar-refractivity contribution in [3.63, 3.8) is 0 Å². The smallest absolute Gasteiger partial charge is 0.239 e. The van der Waals surface area contributed by atoms with E-state index in [0.717, 1.165) is 0 Å². The summed E-state index contributed by atoms with van der Waals surface area (Å²) in [5.74, 6) is -0.0990. The maximum absolute atomic E-state index is 11.2. The molecule has 1 aliphatic heterocycles. The molecule has 68 valence electrons. The van der Waals surface area contributed by atoms with Crippen LogP contribution in [0.3, 0.4) is 0 Å². The average Bonchev–Trinajstić information content (AvgIpc) is 2.05. The third-order valence-electron chi connectivity index (χ3n) is 1.72. The van der Waals surface area contributed by atoms with Crippen LogP contribution in [0.4, 0.5) is 0 Å². The highest BCUT2D eigenvalue weighted by molar-refractivity contribution is 5.86. The second-order valence-electron chi connectivity index (χ2n) is 2.70. The predicted molar refractivity (Wildman–Crippen MR) is 43.5 cm³/mol. The van der Waals surface area contributed by atoms with Crippen molar-refractivity contribution in [3.05, 3.63) is 0 Å². The summed E-state index contributed by atoms with van der Waals surface area (Å²) in [4.78, 5) is 23.6. The monoisotopic (exact) mass is 171 g/mol. The van der Waals surface area contributed by atoms with Crippen molar-refractivity contribution in [2.24, 2.45) is 0 Å². The van der Waals surface area contributed by atoms with E-state index in [-0.39, 0.29) is 18.4 Å². The van der Waals surface area contributed by atoms with Crippen molar-refractivity contribution in [2.45, 2.75) is 0 Å². The number of hydrogen-bond acceptors (Lipinski definition) is 3. The molecule has 0 unspecified atom stereocenters. The van der Waals surface area contributed by atoms with Crippen LogP contribution in [0, 0.1) is 0 Å². The van der Waals surface area contributed by atoms with Crippen LogP contribution >= 0.6 is 0 Å². The van der Waals surface area contributed by atoms with E-state index in [1.807, 2.05) is 0 Å². The normalized spacial score (nSPS) is 17.4. The molecule has 1 rings (SSSR count). The highest BCUT2D eigenvalue weighted by atomic mass is 16.2. The van der Waals surface area contributed by atoms with Gasteiger partial charge in [-0.1, -0.05) is 0 Å². The van der Waals surface area contributed by atoms with Gasteiger partial charge in [-0.2, -0.15) is 0 Å². The molecule has 1 aliphatic rings. The SMILES string of the molecule is CNCC(=O)N1CCNC(=O)C1. The first-order chi connectivity index (χ1) is 5.74. The molecular formula is C7H13N3O2. The van der Waals surface area contributed by atoms with Crippen LogP contribution in [0.2, 0.25) is 0 Å². The second-order valence-corrected chi connectivity index (χ2v) is 2.70. The number of likely N-dealkylation sites (N-methyl/N-ethyl adjacent to an activating group) is 1. The van der Waals surface area contributed by atoms with Gasteiger partial charge >= 0.3 is 0 Å². The lowest BCUT2D eigenvalue weighted by molar-refractivity contribution is -0.137. The number of hydrogen-bond donors (Lipinski definition) is 2. The van der Waals surface area contributed by atoms with E-state index in [9.17, 15) is 9.59 Å². The first kappa shape index (κ1) is 8.99. The van der Waals surface area contributed by atoms with Gasteiger partial charge in [0.1, 0.15) is 0 Å². The van der Waals surface area contributed by atoms with Crippen LogP contribution in [0.5, 0.6) is 0 Å². The zero-order valence-electron chi connectivity index (χ0n) is 7.09. The summed E-state index contributed by atoms with van der Waals surface area (Å²) < 4.78 is 0. The lowest BCUT2D eigenvalue weighted by atomic mass is 10.3. The Bertz CT molecular complexity index is 193. The number of carbonyl (C=O) groups excluding carboxylic acids is 2. The van der Waals surface area contributed by atoms with Gasteiger partial charge in [0.15, 0.2) is 0 Å². The van der Waals surface area contributed by atoms with E-state index in [1.165, 1.54) is 0 Å². The van der Waals surface area contributed by atoms with E-state index in [2.05, 4.69) is 10.6 Å². The molecule has 1 fully saturated rings. The van der Waals surface area contributed by atoms with Gasteiger partial charge in [0.2, 0.25) is 11.8 Å². The van der Waals surface area contributed by atoms with Crippen molar-refractivity contribution < 1.29 is 9.59 Å². The van der Waals surface area contributed by atoms with Crippen LogP contribution in [0.15, 0.2) is 0 Å². The lowest BCUT2D eigenvalue weighted by Gasteiger charge is -2.26. The van der Waals surface area contributed by atoms with Gasteiger partial charge in [0.25, 0.3) is 0 Å². The Labute approximate surface area is 71.1 Å². The Balaban J connectivity index is 2.40.